The molecule has 16 heavy (non-hydrogen) atoms. The van der Waals surface area contributed by atoms with E-state index in [0.29, 0.717) is 10.6 Å². The van der Waals surface area contributed by atoms with Crippen LogP contribution in [0.4, 0.5) is 13.2 Å². The summed E-state index contributed by atoms with van der Waals surface area (Å²) in [6.07, 6.45) is -4.21. The summed E-state index contributed by atoms with van der Waals surface area (Å²) in [5.74, 6) is 0.513. The van der Waals surface area contributed by atoms with E-state index < -0.39 is 11.0 Å². The van der Waals surface area contributed by atoms with Crippen LogP contribution in [0.1, 0.15) is 0 Å². The lowest BCUT2D eigenvalue weighted by molar-refractivity contribution is -0.122. The van der Waals surface area contributed by atoms with Crippen molar-refractivity contribution >= 4 is 27.7 Å². The summed E-state index contributed by atoms with van der Waals surface area (Å²) >= 11 is 3.73. The van der Waals surface area contributed by atoms with Crippen LogP contribution < -0.4 is 4.74 Å². The molecule has 6 heteroatoms. The SMILES string of the molecule is COc1ccccc1SCC(Br)C(F)(F)F. The fraction of sp³-hybridized carbons (Fsp3) is 0.400. The molecule has 0 radical (unpaired) electrons. The first-order valence-electron chi connectivity index (χ1n) is 4.41. The van der Waals surface area contributed by atoms with Crippen molar-refractivity contribution in [2.75, 3.05) is 12.9 Å². The molecule has 1 aromatic rings. The van der Waals surface area contributed by atoms with Gasteiger partial charge in [0.05, 0.1) is 7.11 Å². The molecular weight excluding hydrogens is 305 g/mol. The minimum atomic E-state index is -4.21. The van der Waals surface area contributed by atoms with Gasteiger partial charge in [-0.25, -0.2) is 0 Å². The number of para-hydroxylation sites is 1. The highest BCUT2D eigenvalue weighted by Gasteiger charge is 2.37. The average Bonchev–Trinajstić information content (AvgIpc) is 2.24. The minimum Gasteiger partial charge on any atom is -0.496 e. The molecular formula is C10H10BrF3OS. The van der Waals surface area contributed by atoms with Crippen LogP contribution in [0.2, 0.25) is 0 Å². The Hall–Kier alpha value is -0.360. The van der Waals surface area contributed by atoms with Crippen molar-refractivity contribution in [3.8, 4) is 5.75 Å². The van der Waals surface area contributed by atoms with Crippen molar-refractivity contribution < 1.29 is 17.9 Å². The monoisotopic (exact) mass is 314 g/mol. The molecule has 0 bridgehead atoms. The molecule has 0 aromatic heterocycles. The number of ether oxygens (including phenoxy) is 1. The molecule has 0 fully saturated rings. The van der Waals surface area contributed by atoms with Crippen LogP contribution in [0, 0.1) is 0 Å². The van der Waals surface area contributed by atoms with Gasteiger partial charge in [-0.15, -0.1) is 11.8 Å². The summed E-state index contributed by atoms with van der Waals surface area (Å²) in [6.45, 7) is 0. The molecule has 1 rings (SSSR count). The maximum Gasteiger partial charge on any atom is 0.402 e. The van der Waals surface area contributed by atoms with Crippen molar-refractivity contribution in [2.45, 2.75) is 15.9 Å². The molecule has 0 amide bonds. The number of hydrogen-bond donors (Lipinski definition) is 0. The fourth-order valence-corrected chi connectivity index (χ4v) is 2.38. The lowest BCUT2D eigenvalue weighted by Gasteiger charge is -2.14. The first-order chi connectivity index (χ1) is 7.45. The van der Waals surface area contributed by atoms with Crippen LogP contribution in [-0.4, -0.2) is 23.9 Å². The number of rotatable bonds is 4. The number of alkyl halides is 4. The molecule has 0 saturated carbocycles. The van der Waals surface area contributed by atoms with E-state index in [0.717, 1.165) is 11.8 Å². The highest BCUT2D eigenvalue weighted by atomic mass is 79.9. The summed E-state index contributed by atoms with van der Waals surface area (Å²) in [5.41, 5.74) is 0. The number of hydrogen-bond acceptors (Lipinski definition) is 2. The topological polar surface area (TPSA) is 9.23 Å². The Bertz CT molecular complexity index is 343. The molecule has 0 saturated heterocycles. The summed E-state index contributed by atoms with van der Waals surface area (Å²) < 4.78 is 41.8. The van der Waals surface area contributed by atoms with E-state index in [1.165, 1.54) is 7.11 Å². The van der Waals surface area contributed by atoms with Gasteiger partial charge < -0.3 is 4.74 Å². The standard InChI is InChI=1S/C10H10BrF3OS/c1-15-7-4-2-3-5-8(7)16-6-9(11)10(12,13)14/h2-5,9H,6H2,1H3. The predicted molar refractivity (Wildman–Crippen MR) is 62.5 cm³/mol. The second-order valence-electron chi connectivity index (χ2n) is 2.97. The van der Waals surface area contributed by atoms with Crippen LogP contribution in [-0.2, 0) is 0 Å². The smallest absolute Gasteiger partial charge is 0.402 e. The molecule has 90 valence electrons. The van der Waals surface area contributed by atoms with Crippen LogP contribution in [0.15, 0.2) is 29.2 Å². The third kappa shape index (κ3) is 3.90. The van der Waals surface area contributed by atoms with Crippen LogP contribution >= 0.6 is 27.7 Å². The van der Waals surface area contributed by atoms with E-state index >= 15 is 0 Å². The maximum absolute atomic E-state index is 12.2. The first-order valence-corrected chi connectivity index (χ1v) is 6.32. The Morgan fingerprint density at radius 2 is 2.00 bits per heavy atom. The zero-order valence-electron chi connectivity index (χ0n) is 8.42. The van der Waals surface area contributed by atoms with Crippen LogP contribution in [0.5, 0.6) is 5.75 Å². The van der Waals surface area contributed by atoms with Crippen LogP contribution in [0.3, 0.4) is 0 Å². The zero-order chi connectivity index (χ0) is 12.2. The van der Waals surface area contributed by atoms with E-state index in [2.05, 4.69) is 15.9 Å². The second-order valence-corrected chi connectivity index (χ2v) is 5.14. The molecule has 1 unspecified atom stereocenters. The Morgan fingerprint density at radius 1 is 1.38 bits per heavy atom. The van der Waals surface area contributed by atoms with Crippen LogP contribution in [0.25, 0.3) is 0 Å². The molecule has 1 atom stereocenters. The maximum atomic E-state index is 12.2. The van der Waals surface area contributed by atoms with Crippen molar-refractivity contribution in [1.82, 2.24) is 0 Å². The third-order valence-corrected chi connectivity index (χ3v) is 4.23. The summed E-state index contributed by atoms with van der Waals surface area (Å²) in [5, 5.41) is 0. The summed E-state index contributed by atoms with van der Waals surface area (Å²) in [4.78, 5) is -0.798. The van der Waals surface area contributed by atoms with Gasteiger partial charge >= 0.3 is 6.18 Å². The first kappa shape index (κ1) is 13.7. The van der Waals surface area contributed by atoms with Crippen molar-refractivity contribution in [1.29, 1.82) is 0 Å². The number of halogens is 4. The number of methoxy groups -OCH3 is 1. The fourth-order valence-electron chi connectivity index (χ4n) is 0.995. The Morgan fingerprint density at radius 3 is 2.56 bits per heavy atom. The minimum absolute atomic E-state index is 0.0795. The van der Waals surface area contributed by atoms with Gasteiger partial charge in [-0.2, -0.15) is 13.2 Å². The number of benzene rings is 1. The van der Waals surface area contributed by atoms with Crippen molar-refractivity contribution in [3.63, 3.8) is 0 Å². The lowest BCUT2D eigenvalue weighted by Crippen LogP contribution is -2.24. The van der Waals surface area contributed by atoms with Gasteiger partial charge in [0.1, 0.15) is 10.6 Å². The largest absolute Gasteiger partial charge is 0.496 e. The highest BCUT2D eigenvalue weighted by molar-refractivity contribution is 9.09. The summed E-state index contributed by atoms with van der Waals surface area (Å²) in [6, 6.07) is 7.00. The Balaban J connectivity index is 2.61. The van der Waals surface area contributed by atoms with Gasteiger partial charge in [-0.3, -0.25) is 0 Å². The van der Waals surface area contributed by atoms with E-state index in [-0.39, 0.29) is 5.75 Å². The van der Waals surface area contributed by atoms with Crippen molar-refractivity contribution in [2.24, 2.45) is 0 Å². The molecule has 0 aliphatic carbocycles. The average molecular weight is 315 g/mol. The van der Waals surface area contributed by atoms with E-state index in [4.69, 9.17) is 4.74 Å². The molecule has 1 nitrogen and oxygen atoms in total. The Labute approximate surface area is 104 Å². The predicted octanol–water partition coefficient (Wildman–Crippen LogP) is 4.11. The molecule has 0 aliphatic heterocycles. The Kier molecular flexibility index (Phi) is 4.98. The van der Waals surface area contributed by atoms with Gasteiger partial charge in [0, 0.05) is 10.6 Å². The van der Waals surface area contributed by atoms with E-state index in [1.807, 2.05) is 0 Å². The summed E-state index contributed by atoms with van der Waals surface area (Å²) in [7, 11) is 1.49. The second kappa shape index (κ2) is 5.82. The van der Waals surface area contributed by atoms with Gasteiger partial charge in [-0.05, 0) is 12.1 Å². The molecule has 0 spiro atoms. The molecule has 1 aromatic carbocycles. The van der Waals surface area contributed by atoms with Gasteiger partial charge in [0.25, 0.3) is 0 Å². The van der Waals surface area contributed by atoms with Gasteiger partial charge in [0.15, 0.2) is 0 Å². The number of thioether (sulfide) groups is 1. The van der Waals surface area contributed by atoms with E-state index in [1.54, 1.807) is 24.3 Å². The molecule has 0 heterocycles. The molecule has 0 aliphatic rings. The molecule has 0 N–H and O–H groups in total. The van der Waals surface area contributed by atoms with Crippen molar-refractivity contribution in [3.05, 3.63) is 24.3 Å². The quantitative estimate of drug-likeness (QED) is 0.611. The van der Waals surface area contributed by atoms with E-state index in [9.17, 15) is 13.2 Å². The third-order valence-electron chi connectivity index (χ3n) is 1.81. The zero-order valence-corrected chi connectivity index (χ0v) is 10.8. The lowest BCUT2D eigenvalue weighted by atomic mass is 10.3. The highest BCUT2D eigenvalue weighted by Crippen LogP contribution is 2.34. The van der Waals surface area contributed by atoms with Gasteiger partial charge in [0.2, 0.25) is 0 Å². The normalized spacial score (nSPS) is 13.6. The van der Waals surface area contributed by atoms with Gasteiger partial charge in [-0.1, -0.05) is 28.1 Å².